The van der Waals surface area contributed by atoms with Crippen LogP contribution in [0.4, 0.5) is 0 Å². The number of rotatable bonds is 7. The molecule has 0 aliphatic heterocycles. The maximum absolute atomic E-state index is 12.1. The molecule has 15 heavy (non-hydrogen) atoms. The fraction of sp³-hybridized carbons (Fsp3) is 1.00. The van der Waals surface area contributed by atoms with Crippen molar-refractivity contribution in [1.82, 2.24) is 0 Å². The van der Waals surface area contributed by atoms with Gasteiger partial charge in [-0.2, -0.15) is 0 Å². The molecule has 0 aromatic carbocycles. The molecule has 2 nitrogen and oxygen atoms in total. The van der Waals surface area contributed by atoms with E-state index in [0.717, 1.165) is 5.75 Å². The van der Waals surface area contributed by atoms with Gasteiger partial charge in [0.2, 0.25) is 0 Å². The first-order valence-corrected chi connectivity index (χ1v) is 9.89. The van der Waals surface area contributed by atoms with Crippen LogP contribution in [0.2, 0.25) is 0 Å². The van der Waals surface area contributed by atoms with Crippen molar-refractivity contribution in [2.45, 2.75) is 27.7 Å². The summed E-state index contributed by atoms with van der Waals surface area (Å²) < 4.78 is 17.6. The molecule has 6 heteroatoms. The summed E-state index contributed by atoms with van der Waals surface area (Å²) in [4.78, 5) is 0. The zero-order chi connectivity index (χ0) is 11.2. The fourth-order valence-corrected chi connectivity index (χ4v) is 6.03. The molecule has 0 heterocycles. The molecule has 0 aromatic rings. The Labute approximate surface area is 115 Å². The number of hydrogen-bond donors (Lipinski definition) is 0. The smallest absolute Gasteiger partial charge is 0.312 e. The van der Waals surface area contributed by atoms with Crippen LogP contribution in [-0.4, -0.2) is 18.6 Å². The molecule has 0 N–H and O–H groups in total. The molecule has 0 spiro atoms. The van der Waals surface area contributed by atoms with Crippen LogP contribution in [0.1, 0.15) is 27.7 Å². The Balaban J connectivity index is 0. The van der Waals surface area contributed by atoms with Crippen LogP contribution < -0.4 is 0 Å². The molecule has 0 saturated heterocycles. The van der Waals surface area contributed by atoms with Gasteiger partial charge >= 0.3 is 5.77 Å². The van der Waals surface area contributed by atoms with E-state index in [9.17, 15) is 4.57 Å². The minimum atomic E-state index is -2.47. The van der Waals surface area contributed by atoms with Crippen LogP contribution in [0.3, 0.4) is 0 Å². The molecule has 1 atom stereocenters. The topological polar surface area (TPSA) is 26.3 Å². The van der Waals surface area contributed by atoms with Crippen LogP contribution in [0.15, 0.2) is 0 Å². The minimum absolute atomic E-state index is 0. The van der Waals surface area contributed by atoms with Crippen molar-refractivity contribution in [2.24, 2.45) is 11.8 Å². The first kappa shape index (κ1) is 18.9. The van der Waals surface area contributed by atoms with Crippen molar-refractivity contribution in [3.8, 4) is 0 Å². The van der Waals surface area contributed by atoms with E-state index in [-0.39, 0.29) is 19.5 Å². The Bertz CT molecular complexity index is 185. The van der Waals surface area contributed by atoms with Crippen molar-refractivity contribution < 1.29 is 28.6 Å². The van der Waals surface area contributed by atoms with Gasteiger partial charge in [0.05, 0.1) is 6.61 Å². The third kappa shape index (κ3) is 10.4. The van der Waals surface area contributed by atoms with Crippen molar-refractivity contribution in [2.75, 3.05) is 18.6 Å². The molecule has 0 fully saturated rings. The monoisotopic (exact) mass is 320 g/mol. The predicted molar refractivity (Wildman–Crippen MR) is 69.2 cm³/mol. The molecule has 1 unspecified atom stereocenters. The van der Waals surface area contributed by atoms with Crippen molar-refractivity contribution in [1.29, 1.82) is 0 Å². The SMILES string of the molecule is CSP(=O)(OCC(C)C)SCC(C)C.[Zn]. The van der Waals surface area contributed by atoms with Gasteiger partial charge in [-0.1, -0.05) is 50.5 Å². The van der Waals surface area contributed by atoms with Gasteiger partial charge in [-0.25, -0.2) is 0 Å². The zero-order valence-corrected chi connectivity index (χ0v) is 15.9. The van der Waals surface area contributed by atoms with Crippen LogP contribution in [0.5, 0.6) is 0 Å². The Hall–Kier alpha value is 1.51. The fourth-order valence-electron chi connectivity index (χ4n) is 0.623. The summed E-state index contributed by atoms with van der Waals surface area (Å²) in [5, 5.41) is 0. The molecule has 0 rings (SSSR count). The molecular formula is C9H21O2PS2Zn. The first-order valence-electron chi connectivity index (χ1n) is 4.84. The third-order valence-corrected chi connectivity index (χ3v) is 9.06. The van der Waals surface area contributed by atoms with E-state index in [1.165, 1.54) is 22.8 Å². The summed E-state index contributed by atoms with van der Waals surface area (Å²) in [6, 6.07) is 0. The van der Waals surface area contributed by atoms with Gasteiger partial charge in [-0.05, 0) is 18.1 Å². The molecular weight excluding hydrogens is 301 g/mol. The quantitative estimate of drug-likeness (QED) is 0.509. The Morgan fingerprint density at radius 2 is 1.73 bits per heavy atom. The Morgan fingerprint density at radius 3 is 2.07 bits per heavy atom. The second-order valence-corrected chi connectivity index (χ2v) is 11.6. The van der Waals surface area contributed by atoms with Crippen LogP contribution in [0, 0.1) is 11.8 Å². The van der Waals surface area contributed by atoms with Crippen molar-refractivity contribution >= 4 is 28.5 Å². The normalized spacial score (nSPS) is 15.1. The Morgan fingerprint density at radius 1 is 1.20 bits per heavy atom. The maximum atomic E-state index is 12.1. The van der Waals surface area contributed by atoms with Gasteiger partial charge in [-0.3, -0.25) is 4.57 Å². The summed E-state index contributed by atoms with van der Waals surface area (Å²) in [5.41, 5.74) is 0. The molecule has 0 saturated carbocycles. The van der Waals surface area contributed by atoms with Crippen LogP contribution in [-0.2, 0) is 28.6 Å². The largest absolute Gasteiger partial charge is 0.313 e. The molecule has 0 aliphatic rings. The summed E-state index contributed by atoms with van der Waals surface area (Å²) >= 11 is 2.82. The third-order valence-electron chi connectivity index (χ3n) is 1.36. The second-order valence-electron chi connectivity index (χ2n) is 4.01. The number of hydrogen-bond acceptors (Lipinski definition) is 4. The van der Waals surface area contributed by atoms with E-state index in [0.29, 0.717) is 18.4 Å². The average molecular weight is 322 g/mol. The van der Waals surface area contributed by atoms with E-state index in [4.69, 9.17) is 4.52 Å². The second kappa shape index (κ2) is 9.53. The predicted octanol–water partition coefficient (Wildman–Crippen LogP) is 4.52. The van der Waals surface area contributed by atoms with E-state index >= 15 is 0 Å². The van der Waals surface area contributed by atoms with E-state index in [1.807, 2.05) is 6.26 Å². The summed E-state index contributed by atoms with van der Waals surface area (Å²) in [6.45, 7) is 8.97. The van der Waals surface area contributed by atoms with E-state index < -0.39 is 5.77 Å². The molecule has 0 amide bonds. The zero-order valence-electron chi connectivity index (χ0n) is 10.4. The van der Waals surface area contributed by atoms with Gasteiger partial charge in [0.25, 0.3) is 0 Å². The summed E-state index contributed by atoms with van der Waals surface area (Å²) in [5.74, 6) is -0.577. The Kier molecular flexibility index (Phi) is 12.0. The van der Waals surface area contributed by atoms with E-state index in [2.05, 4.69) is 27.7 Å². The molecule has 0 bridgehead atoms. The minimum Gasteiger partial charge on any atom is -0.313 e. The van der Waals surface area contributed by atoms with E-state index in [1.54, 1.807) is 0 Å². The molecule has 0 aromatic heterocycles. The van der Waals surface area contributed by atoms with Crippen LogP contribution in [0.25, 0.3) is 0 Å². The van der Waals surface area contributed by atoms with Gasteiger partial charge in [-0.15, -0.1) is 0 Å². The van der Waals surface area contributed by atoms with Gasteiger partial charge in [0.1, 0.15) is 0 Å². The van der Waals surface area contributed by atoms with Gasteiger partial charge in [0, 0.05) is 25.2 Å². The molecule has 88 valence electrons. The summed E-state index contributed by atoms with van der Waals surface area (Å²) in [6.07, 6.45) is 1.86. The molecule has 0 radical (unpaired) electrons. The van der Waals surface area contributed by atoms with Gasteiger partial charge in [0.15, 0.2) is 0 Å². The summed E-state index contributed by atoms with van der Waals surface area (Å²) in [7, 11) is 0. The van der Waals surface area contributed by atoms with Crippen LogP contribution >= 0.6 is 28.5 Å². The van der Waals surface area contributed by atoms with Crippen molar-refractivity contribution in [3.05, 3.63) is 0 Å². The van der Waals surface area contributed by atoms with Gasteiger partial charge < -0.3 is 4.52 Å². The first-order chi connectivity index (χ1) is 6.39. The molecule has 0 aliphatic carbocycles. The van der Waals surface area contributed by atoms with Crippen molar-refractivity contribution in [3.63, 3.8) is 0 Å². The maximum Gasteiger partial charge on any atom is 0.312 e. The average Bonchev–Trinajstić information content (AvgIpc) is 2.11. The standard InChI is InChI=1S/C9H21O2PS2.Zn/c1-8(2)6-11-12(10,13-5)14-7-9(3)4;/h8-9H,6-7H2,1-5H3;.